The van der Waals surface area contributed by atoms with E-state index in [4.69, 9.17) is 0 Å². The number of benzene rings is 3. The van der Waals surface area contributed by atoms with Crippen LogP contribution in [0, 0.1) is 0 Å². The van der Waals surface area contributed by atoms with Gasteiger partial charge in [0.05, 0.1) is 5.69 Å². The number of thiazole rings is 1. The molecule has 4 aromatic rings. The summed E-state index contributed by atoms with van der Waals surface area (Å²) < 4.78 is 0. The van der Waals surface area contributed by atoms with Crippen molar-refractivity contribution in [1.29, 1.82) is 0 Å². The van der Waals surface area contributed by atoms with E-state index in [0.717, 1.165) is 22.0 Å². The van der Waals surface area contributed by atoms with Crippen LogP contribution in [0.2, 0.25) is 0 Å². The zero-order valence-electron chi connectivity index (χ0n) is 17.4. The van der Waals surface area contributed by atoms with Gasteiger partial charge in [-0.05, 0) is 35.0 Å². The Kier molecular flexibility index (Phi) is 5.96. The average molecular weight is 445 g/mol. The normalized spacial score (nSPS) is 10.6. The minimum atomic E-state index is -0.400. The average Bonchev–Trinajstić information content (AvgIpc) is 3.20. The molecule has 1 aromatic heterocycles. The molecule has 0 fully saturated rings. The van der Waals surface area contributed by atoms with E-state index in [9.17, 15) is 14.4 Å². The fraction of sp³-hybridized carbons (Fsp3) is 0.0833. The van der Waals surface area contributed by atoms with Gasteiger partial charge >= 0.3 is 0 Å². The highest BCUT2D eigenvalue weighted by molar-refractivity contribution is 7.14. The summed E-state index contributed by atoms with van der Waals surface area (Å²) in [7, 11) is 0. The van der Waals surface area contributed by atoms with Crippen LogP contribution in [0.4, 0.5) is 16.5 Å². The standard InChI is InChI=1S/C24H20N4O3S/c1-14(29)25-20-10-19(11-21(12-20)26-15(2)30)23(31)28-24-27-22(13-32-24)18-8-7-16-5-3-4-6-17(16)9-18/h3-13H,1-2H3,(H,25,29)(H,26,30)(H,27,28,31). The first kappa shape index (κ1) is 21.2. The highest BCUT2D eigenvalue weighted by atomic mass is 32.1. The number of hydrogen-bond acceptors (Lipinski definition) is 5. The largest absolute Gasteiger partial charge is 0.326 e. The van der Waals surface area contributed by atoms with E-state index < -0.39 is 5.91 Å². The van der Waals surface area contributed by atoms with Crippen LogP contribution in [-0.2, 0) is 9.59 Å². The Morgan fingerprint density at radius 3 is 2.09 bits per heavy atom. The van der Waals surface area contributed by atoms with Gasteiger partial charge in [-0.2, -0.15) is 0 Å². The predicted octanol–water partition coefficient (Wildman–Crippen LogP) is 5.13. The third-order valence-corrected chi connectivity index (χ3v) is 5.36. The zero-order valence-corrected chi connectivity index (χ0v) is 18.2. The van der Waals surface area contributed by atoms with Crippen LogP contribution in [0.3, 0.4) is 0 Å². The number of aromatic nitrogens is 1. The molecule has 160 valence electrons. The van der Waals surface area contributed by atoms with Gasteiger partial charge in [-0.25, -0.2) is 4.98 Å². The predicted molar refractivity (Wildman–Crippen MR) is 128 cm³/mol. The second kappa shape index (κ2) is 8.99. The molecule has 0 aliphatic rings. The van der Waals surface area contributed by atoms with Crippen LogP contribution in [0.1, 0.15) is 24.2 Å². The number of carbonyl (C=O) groups excluding carboxylic acids is 3. The van der Waals surface area contributed by atoms with E-state index in [1.165, 1.54) is 25.2 Å². The summed E-state index contributed by atoms with van der Waals surface area (Å²) in [4.78, 5) is 40.2. The first-order valence-corrected chi connectivity index (χ1v) is 10.7. The molecule has 1 heterocycles. The summed E-state index contributed by atoms with van der Waals surface area (Å²) in [5.41, 5.74) is 2.82. The SMILES string of the molecule is CC(=O)Nc1cc(NC(C)=O)cc(C(=O)Nc2nc(-c3ccc4ccccc4c3)cs2)c1. The Bertz CT molecular complexity index is 1310. The Balaban J connectivity index is 1.56. The van der Waals surface area contributed by atoms with Gasteiger partial charge in [-0.15, -0.1) is 11.3 Å². The molecule has 4 rings (SSSR count). The van der Waals surface area contributed by atoms with Crippen molar-refractivity contribution in [2.45, 2.75) is 13.8 Å². The fourth-order valence-electron chi connectivity index (χ4n) is 3.29. The van der Waals surface area contributed by atoms with Gasteiger partial charge in [-0.3, -0.25) is 19.7 Å². The van der Waals surface area contributed by atoms with Crippen LogP contribution in [-0.4, -0.2) is 22.7 Å². The van der Waals surface area contributed by atoms with Crippen molar-refractivity contribution in [3.05, 3.63) is 71.6 Å². The molecule has 0 radical (unpaired) electrons. The van der Waals surface area contributed by atoms with Crippen LogP contribution in [0.5, 0.6) is 0 Å². The van der Waals surface area contributed by atoms with Crippen LogP contribution >= 0.6 is 11.3 Å². The molecule has 3 aromatic carbocycles. The highest BCUT2D eigenvalue weighted by Crippen LogP contribution is 2.28. The molecule has 0 bridgehead atoms. The molecule has 3 amide bonds. The number of amides is 3. The molecule has 0 spiro atoms. The number of rotatable bonds is 5. The smallest absolute Gasteiger partial charge is 0.257 e. The van der Waals surface area contributed by atoms with E-state index in [-0.39, 0.29) is 17.4 Å². The summed E-state index contributed by atoms with van der Waals surface area (Å²) in [5.74, 6) is -0.962. The molecular weight excluding hydrogens is 424 g/mol. The van der Waals surface area contributed by atoms with Crippen LogP contribution < -0.4 is 16.0 Å². The number of nitrogens with zero attached hydrogens (tertiary/aromatic N) is 1. The van der Waals surface area contributed by atoms with Crippen molar-refractivity contribution in [3.8, 4) is 11.3 Å². The lowest BCUT2D eigenvalue weighted by molar-refractivity contribution is -0.115. The summed E-state index contributed by atoms with van der Waals surface area (Å²) in [6, 6.07) is 18.9. The molecular formula is C24H20N4O3S. The Labute approximate surface area is 188 Å². The Morgan fingerprint density at radius 2 is 1.44 bits per heavy atom. The maximum atomic E-state index is 12.8. The first-order valence-electron chi connectivity index (χ1n) is 9.84. The molecule has 8 heteroatoms. The highest BCUT2D eigenvalue weighted by Gasteiger charge is 2.13. The lowest BCUT2D eigenvalue weighted by atomic mass is 10.1. The lowest BCUT2D eigenvalue weighted by Gasteiger charge is -2.10. The summed E-state index contributed by atoms with van der Waals surface area (Å²) >= 11 is 1.32. The van der Waals surface area contributed by atoms with Crippen molar-refractivity contribution in [1.82, 2.24) is 4.98 Å². The molecule has 0 atom stereocenters. The van der Waals surface area contributed by atoms with Crippen molar-refractivity contribution in [2.24, 2.45) is 0 Å². The number of carbonyl (C=O) groups is 3. The van der Waals surface area contributed by atoms with E-state index in [0.29, 0.717) is 16.5 Å². The second-order valence-corrected chi connectivity index (χ2v) is 8.07. The number of fused-ring (bicyclic) bond motifs is 1. The quantitative estimate of drug-likeness (QED) is 0.397. The Hall–Kier alpha value is -4.04. The third kappa shape index (κ3) is 4.98. The van der Waals surface area contributed by atoms with Gasteiger partial charge in [0, 0.05) is 41.7 Å². The summed E-state index contributed by atoms with van der Waals surface area (Å²) in [5, 5.41) is 12.7. The third-order valence-electron chi connectivity index (χ3n) is 4.61. The first-order chi connectivity index (χ1) is 15.4. The van der Waals surface area contributed by atoms with E-state index in [1.54, 1.807) is 18.2 Å². The summed E-state index contributed by atoms with van der Waals surface area (Å²) in [6.07, 6.45) is 0. The van der Waals surface area contributed by atoms with Gasteiger partial charge < -0.3 is 10.6 Å². The van der Waals surface area contributed by atoms with Crippen LogP contribution in [0.15, 0.2) is 66.0 Å². The van der Waals surface area contributed by atoms with E-state index >= 15 is 0 Å². The number of hydrogen-bond donors (Lipinski definition) is 3. The van der Waals surface area contributed by atoms with Crippen molar-refractivity contribution in [3.63, 3.8) is 0 Å². The van der Waals surface area contributed by atoms with Crippen LogP contribution in [0.25, 0.3) is 22.0 Å². The molecule has 0 aliphatic heterocycles. The van der Waals surface area contributed by atoms with Gasteiger partial charge in [0.1, 0.15) is 0 Å². The molecule has 0 saturated heterocycles. The van der Waals surface area contributed by atoms with Gasteiger partial charge in [-0.1, -0.05) is 36.4 Å². The van der Waals surface area contributed by atoms with Gasteiger partial charge in [0.15, 0.2) is 5.13 Å². The van der Waals surface area contributed by atoms with Crippen molar-refractivity contribution < 1.29 is 14.4 Å². The second-order valence-electron chi connectivity index (χ2n) is 7.22. The Morgan fingerprint density at radius 1 is 0.781 bits per heavy atom. The molecule has 3 N–H and O–H groups in total. The molecule has 7 nitrogen and oxygen atoms in total. The van der Waals surface area contributed by atoms with Crippen molar-refractivity contribution in [2.75, 3.05) is 16.0 Å². The van der Waals surface area contributed by atoms with Gasteiger partial charge in [0.25, 0.3) is 5.91 Å². The summed E-state index contributed by atoms with van der Waals surface area (Å²) in [6.45, 7) is 2.74. The fourth-order valence-corrected chi connectivity index (χ4v) is 4.01. The zero-order chi connectivity index (χ0) is 22.7. The topological polar surface area (TPSA) is 100 Å². The minimum absolute atomic E-state index is 0.280. The number of anilines is 3. The monoisotopic (exact) mass is 444 g/mol. The molecule has 0 saturated carbocycles. The van der Waals surface area contributed by atoms with E-state index in [1.807, 2.05) is 35.7 Å². The van der Waals surface area contributed by atoms with Crippen molar-refractivity contribution >= 4 is 56.3 Å². The maximum absolute atomic E-state index is 12.8. The molecule has 0 aliphatic carbocycles. The van der Waals surface area contributed by atoms with E-state index in [2.05, 4.69) is 33.1 Å². The minimum Gasteiger partial charge on any atom is -0.326 e. The number of nitrogens with one attached hydrogen (secondary N) is 3. The molecule has 0 unspecified atom stereocenters. The lowest BCUT2D eigenvalue weighted by Crippen LogP contribution is -2.15. The van der Waals surface area contributed by atoms with Gasteiger partial charge in [0.2, 0.25) is 11.8 Å². The molecule has 32 heavy (non-hydrogen) atoms. The maximum Gasteiger partial charge on any atom is 0.257 e.